The van der Waals surface area contributed by atoms with E-state index in [1.165, 1.54) is 10.5 Å². The molecular weight excluding hydrogens is 462 g/mol. The molecule has 5 nitrogen and oxygen atoms in total. The minimum absolute atomic E-state index is 0.0476. The van der Waals surface area contributed by atoms with Crippen molar-refractivity contribution in [3.63, 3.8) is 0 Å². The fraction of sp³-hybridized carbons (Fsp3) is 0.125. The number of allylic oxidation sites excluding steroid dienone is 1. The van der Waals surface area contributed by atoms with Crippen molar-refractivity contribution in [2.45, 2.75) is 26.2 Å². The largest absolute Gasteiger partial charge is 0.452 e. The average Bonchev–Trinajstić information content (AvgIpc) is 3.19. The van der Waals surface area contributed by atoms with Gasteiger partial charge < -0.3 is 9.47 Å². The van der Waals surface area contributed by atoms with Crippen molar-refractivity contribution in [3.05, 3.63) is 126 Å². The highest BCUT2D eigenvalue weighted by atomic mass is 16.6. The van der Waals surface area contributed by atoms with Gasteiger partial charge in [0, 0.05) is 6.07 Å². The molecular formula is C32H27NO4. The van der Waals surface area contributed by atoms with Gasteiger partial charge in [-0.2, -0.15) is 0 Å². The molecule has 0 aliphatic carbocycles. The molecule has 1 aliphatic rings. The van der Waals surface area contributed by atoms with Crippen LogP contribution in [0.5, 0.6) is 11.5 Å². The molecule has 0 saturated carbocycles. The minimum Gasteiger partial charge on any atom is -0.452 e. The van der Waals surface area contributed by atoms with Crippen LogP contribution in [0.2, 0.25) is 0 Å². The maximum absolute atomic E-state index is 13.3. The third-order valence-corrected chi connectivity index (χ3v) is 6.13. The summed E-state index contributed by atoms with van der Waals surface area (Å²) in [6.07, 6.45) is 1.16. The van der Waals surface area contributed by atoms with Crippen molar-refractivity contribution >= 4 is 29.3 Å². The summed E-state index contributed by atoms with van der Waals surface area (Å²) in [7, 11) is 0. The zero-order chi connectivity index (χ0) is 26.0. The summed E-state index contributed by atoms with van der Waals surface area (Å²) in [5.41, 5.74) is 3.91. The summed E-state index contributed by atoms with van der Waals surface area (Å²) in [6.45, 7) is 6.47. The van der Waals surface area contributed by atoms with E-state index in [0.717, 1.165) is 5.56 Å². The third-order valence-electron chi connectivity index (χ3n) is 6.13. The summed E-state index contributed by atoms with van der Waals surface area (Å²) in [6, 6.07) is 31.4. The molecule has 1 aliphatic heterocycles. The normalized spacial score (nSPS) is 13.7. The fourth-order valence-electron chi connectivity index (χ4n) is 4.12. The number of benzene rings is 4. The van der Waals surface area contributed by atoms with E-state index in [9.17, 15) is 9.59 Å². The van der Waals surface area contributed by atoms with Gasteiger partial charge in [-0.25, -0.2) is 9.69 Å². The predicted octanol–water partition coefficient (Wildman–Crippen LogP) is 7.94. The number of ether oxygens (including phenoxy) is 2. The van der Waals surface area contributed by atoms with Crippen LogP contribution in [0, 0.1) is 0 Å². The van der Waals surface area contributed by atoms with Gasteiger partial charge in [0.1, 0.15) is 11.5 Å². The van der Waals surface area contributed by atoms with Crippen LogP contribution in [-0.4, -0.2) is 11.9 Å². The molecule has 37 heavy (non-hydrogen) atoms. The lowest BCUT2D eigenvalue weighted by atomic mass is 9.86. The Morgan fingerprint density at radius 3 is 1.97 bits per heavy atom. The summed E-state index contributed by atoms with van der Waals surface area (Å²) in [4.78, 5) is 27.7. The number of fused-ring (bicyclic) bond motifs is 1. The Labute approximate surface area is 216 Å². The van der Waals surface area contributed by atoms with Crippen molar-refractivity contribution in [2.24, 2.45) is 0 Å². The number of anilines is 2. The van der Waals surface area contributed by atoms with Gasteiger partial charge in [-0.1, -0.05) is 81.4 Å². The van der Waals surface area contributed by atoms with Crippen LogP contribution < -0.4 is 14.4 Å². The fourth-order valence-corrected chi connectivity index (χ4v) is 4.12. The summed E-state index contributed by atoms with van der Waals surface area (Å²) < 4.78 is 11.6. The number of hydrogen-bond donors (Lipinski definition) is 0. The topological polar surface area (TPSA) is 55.8 Å². The van der Waals surface area contributed by atoms with E-state index < -0.39 is 6.09 Å². The van der Waals surface area contributed by atoms with E-state index in [1.807, 2.05) is 72.8 Å². The number of para-hydroxylation sites is 2. The first-order valence-electron chi connectivity index (χ1n) is 12.1. The Kier molecular flexibility index (Phi) is 6.36. The first kappa shape index (κ1) is 24.1. The highest BCUT2D eigenvalue weighted by molar-refractivity contribution is 6.14. The number of amides is 1. The maximum Gasteiger partial charge on any atom is 0.424 e. The van der Waals surface area contributed by atoms with Crippen LogP contribution in [-0.2, 0) is 5.41 Å². The highest BCUT2D eigenvalue weighted by Gasteiger charge is 2.29. The smallest absolute Gasteiger partial charge is 0.424 e. The minimum atomic E-state index is -0.573. The summed E-state index contributed by atoms with van der Waals surface area (Å²) in [5.74, 6) is 0.670. The van der Waals surface area contributed by atoms with E-state index in [1.54, 1.807) is 24.3 Å². The van der Waals surface area contributed by atoms with E-state index in [0.29, 0.717) is 22.7 Å². The van der Waals surface area contributed by atoms with E-state index in [-0.39, 0.29) is 22.7 Å². The summed E-state index contributed by atoms with van der Waals surface area (Å²) >= 11 is 0. The Balaban J connectivity index is 1.37. The molecule has 0 unspecified atom stereocenters. The number of nitrogens with zero attached hydrogens (tertiary/aromatic N) is 1. The second-order valence-corrected chi connectivity index (χ2v) is 9.84. The standard InChI is InChI=1S/C32H27NO4/c1-32(2,3)23-16-14-22(15-17-23)20-29-30(34)27-19-18-26(21-28(27)37-29)36-31(35)33(24-10-6-4-7-11-24)25-12-8-5-9-13-25/h4-21H,1-3H3/b29-20-. The number of hydrogen-bond acceptors (Lipinski definition) is 4. The van der Waals surface area contributed by atoms with Gasteiger partial charge in [0.2, 0.25) is 5.78 Å². The van der Waals surface area contributed by atoms with E-state index in [4.69, 9.17) is 9.47 Å². The van der Waals surface area contributed by atoms with Crippen molar-refractivity contribution in [2.75, 3.05) is 4.90 Å². The molecule has 4 aromatic carbocycles. The van der Waals surface area contributed by atoms with Gasteiger partial charge in [-0.15, -0.1) is 0 Å². The number of carbonyl (C=O) groups excluding carboxylic acids is 2. The van der Waals surface area contributed by atoms with Gasteiger partial charge in [-0.3, -0.25) is 4.79 Å². The lowest BCUT2D eigenvalue weighted by molar-refractivity contribution is 0.101. The molecule has 0 spiro atoms. The van der Waals surface area contributed by atoms with Gasteiger partial charge in [0.25, 0.3) is 0 Å². The molecule has 184 valence electrons. The van der Waals surface area contributed by atoms with Crippen molar-refractivity contribution in [1.82, 2.24) is 0 Å². The first-order chi connectivity index (χ1) is 17.8. The average molecular weight is 490 g/mol. The van der Waals surface area contributed by atoms with Crippen molar-refractivity contribution in [1.29, 1.82) is 0 Å². The van der Waals surface area contributed by atoms with Crippen LogP contribution in [0.4, 0.5) is 16.2 Å². The molecule has 1 amide bonds. The lowest BCUT2D eigenvalue weighted by Crippen LogP contribution is -2.29. The summed E-state index contributed by atoms with van der Waals surface area (Å²) in [5, 5.41) is 0. The zero-order valence-electron chi connectivity index (χ0n) is 21.0. The maximum atomic E-state index is 13.3. The number of rotatable bonds is 4. The quantitative estimate of drug-likeness (QED) is 0.273. The molecule has 5 rings (SSSR count). The second-order valence-electron chi connectivity index (χ2n) is 9.84. The molecule has 5 heteroatoms. The van der Waals surface area contributed by atoms with Crippen molar-refractivity contribution in [3.8, 4) is 11.5 Å². The Morgan fingerprint density at radius 2 is 1.41 bits per heavy atom. The third kappa shape index (κ3) is 5.16. The predicted molar refractivity (Wildman–Crippen MR) is 146 cm³/mol. The Morgan fingerprint density at radius 1 is 0.811 bits per heavy atom. The molecule has 0 fully saturated rings. The van der Waals surface area contributed by atoms with Crippen molar-refractivity contribution < 1.29 is 19.1 Å². The lowest BCUT2D eigenvalue weighted by Gasteiger charge is -2.22. The zero-order valence-corrected chi connectivity index (χ0v) is 21.0. The van der Waals surface area contributed by atoms with E-state index in [2.05, 4.69) is 32.9 Å². The molecule has 4 aromatic rings. The van der Waals surface area contributed by atoms with Crippen LogP contribution in [0.1, 0.15) is 42.3 Å². The molecule has 0 bridgehead atoms. The molecule has 0 radical (unpaired) electrons. The molecule has 0 atom stereocenters. The molecule has 1 heterocycles. The van der Waals surface area contributed by atoms with Crippen LogP contribution in [0.25, 0.3) is 6.08 Å². The molecule has 0 aromatic heterocycles. The monoisotopic (exact) mass is 489 g/mol. The van der Waals surface area contributed by atoms with Crippen LogP contribution >= 0.6 is 0 Å². The molecule has 0 N–H and O–H groups in total. The number of carbonyl (C=O) groups is 2. The van der Waals surface area contributed by atoms with E-state index >= 15 is 0 Å². The second kappa shape index (κ2) is 9.78. The SMILES string of the molecule is CC(C)(C)c1ccc(/C=C2\Oc3cc(OC(=O)N(c4ccccc4)c4ccccc4)ccc3C2=O)cc1. The van der Waals surface area contributed by atoms with Crippen LogP contribution in [0.3, 0.4) is 0 Å². The first-order valence-corrected chi connectivity index (χ1v) is 12.1. The highest BCUT2D eigenvalue weighted by Crippen LogP contribution is 2.36. The Bertz CT molecular complexity index is 1430. The Hall–Kier alpha value is -4.64. The van der Waals surface area contributed by atoms with Gasteiger partial charge >= 0.3 is 6.09 Å². The van der Waals surface area contributed by atoms with Gasteiger partial charge in [0.05, 0.1) is 16.9 Å². The number of ketones is 1. The van der Waals surface area contributed by atoms with Gasteiger partial charge in [-0.05, 0) is 59.0 Å². The van der Waals surface area contributed by atoms with Gasteiger partial charge in [0.15, 0.2) is 5.76 Å². The van der Waals surface area contributed by atoms with Crippen LogP contribution in [0.15, 0.2) is 109 Å². The number of Topliss-reactive ketones (excluding diaryl/α,β-unsaturated/α-hetero) is 1. The molecule has 0 saturated heterocycles.